The van der Waals surface area contributed by atoms with Crippen molar-refractivity contribution in [3.8, 4) is 0 Å². The van der Waals surface area contributed by atoms with E-state index in [0.29, 0.717) is 0 Å². The molecule has 0 amide bonds. The number of rotatable bonds is 0. The monoisotopic (exact) mass is 226 g/mol. The Labute approximate surface area is 99.0 Å². The van der Waals surface area contributed by atoms with E-state index in [4.69, 9.17) is 0 Å². The van der Waals surface area contributed by atoms with E-state index in [1.165, 1.54) is 5.39 Å². The Morgan fingerprint density at radius 2 is 1.88 bits per heavy atom. The molecule has 3 rings (SSSR count). The molecule has 2 heterocycles. The summed E-state index contributed by atoms with van der Waals surface area (Å²) in [5, 5.41) is 2.31. The first-order valence-electron chi connectivity index (χ1n) is 5.68. The fraction of sp³-hybridized carbons (Fsp3) is 0.214. The minimum absolute atomic E-state index is 0.0557. The molecule has 17 heavy (non-hydrogen) atoms. The molecule has 0 radical (unpaired) electrons. The van der Waals surface area contributed by atoms with Crippen LogP contribution in [0.5, 0.6) is 0 Å². The maximum Gasteiger partial charge on any atom is 0.228 e. The summed E-state index contributed by atoms with van der Waals surface area (Å²) in [4.78, 5) is 14.9. The number of carbonyl (C=O) groups is 1. The van der Waals surface area contributed by atoms with Crippen molar-refractivity contribution in [2.75, 3.05) is 0 Å². The molecule has 0 aliphatic carbocycles. The molecule has 0 atom stereocenters. The lowest BCUT2D eigenvalue weighted by molar-refractivity contribution is 0.0940. The Morgan fingerprint density at radius 3 is 2.59 bits per heavy atom. The maximum absolute atomic E-state index is 11.6. The molecule has 0 unspecified atom stereocenters. The highest BCUT2D eigenvalue weighted by Crippen LogP contribution is 2.26. The zero-order valence-corrected chi connectivity index (χ0v) is 10.2. The molecule has 0 aliphatic rings. The summed E-state index contributed by atoms with van der Waals surface area (Å²) < 4.78 is 1.75. The van der Waals surface area contributed by atoms with Crippen LogP contribution in [-0.2, 0) is 0 Å². The second kappa shape index (κ2) is 3.23. The Hall–Kier alpha value is -2.03. The van der Waals surface area contributed by atoms with Crippen LogP contribution in [0.4, 0.5) is 0 Å². The number of aromatic amines is 1. The highest BCUT2D eigenvalue weighted by molar-refractivity contribution is 6.00. The summed E-state index contributed by atoms with van der Waals surface area (Å²) in [6.07, 6.45) is 0. The van der Waals surface area contributed by atoms with Crippen LogP contribution in [0.25, 0.3) is 21.8 Å². The summed E-state index contributed by atoms with van der Waals surface area (Å²) >= 11 is 0. The zero-order chi connectivity index (χ0) is 12.2. The zero-order valence-electron chi connectivity index (χ0n) is 10.2. The Morgan fingerprint density at radius 1 is 1.12 bits per heavy atom. The van der Waals surface area contributed by atoms with Gasteiger partial charge in [-0.2, -0.15) is 0 Å². The van der Waals surface area contributed by atoms with Crippen LogP contribution < -0.4 is 0 Å². The highest BCUT2D eigenvalue weighted by Gasteiger charge is 2.10. The van der Waals surface area contributed by atoms with Gasteiger partial charge in [-0.3, -0.25) is 9.36 Å². The van der Waals surface area contributed by atoms with Crippen LogP contribution >= 0.6 is 0 Å². The number of hydrogen-bond acceptors (Lipinski definition) is 1. The fourth-order valence-corrected chi connectivity index (χ4v) is 2.54. The third-order valence-electron chi connectivity index (χ3n) is 3.18. The first kappa shape index (κ1) is 10.1. The lowest BCUT2D eigenvalue weighted by Crippen LogP contribution is -2.06. The van der Waals surface area contributed by atoms with Gasteiger partial charge in [-0.05, 0) is 38.1 Å². The number of H-pyrrole nitrogens is 1. The van der Waals surface area contributed by atoms with Crippen molar-refractivity contribution in [1.82, 2.24) is 9.55 Å². The van der Waals surface area contributed by atoms with Gasteiger partial charge in [0.15, 0.2) is 0 Å². The quantitative estimate of drug-likeness (QED) is 0.626. The number of fused-ring (bicyclic) bond motifs is 2. The van der Waals surface area contributed by atoms with Crippen molar-refractivity contribution in [3.63, 3.8) is 0 Å². The van der Waals surface area contributed by atoms with Gasteiger partial charge in [0, 0.05) is 34.6 Å². The molecule has 1 aromatic carbocycles. The van der Waals surface area contributed by atoms with Gasteiger partial charge in [0.1, 0.15) is 0 Å². The number of hydrogen-bond donors (Lipinski definition) is 1. The molecule has 0 saturated heterocycles. The summed E-state index contributed by atoms with van der Waals surface area (Å²) in [7, 11) is 0. The summed E-state index contributed by atoms with van der Waals surface area (Å²) in [6, 6.07) is 8.35. The molecule has 3 nitrogen and oxygen atoms in total. The average Bonchev–Trinajstić information content (AvgIpc) is 2.70. The molecule has 3 heteroatoms. The largest absolute Gasteiger partial charge is 0.359 e. The van der Waals surface area contributed by atoms with Crippen molar-refractivity contribution < 1.29 is 4.79 Å². The first-order chi connectivity index (χ1) is 8.06. The van der Waals surface area contributed by atoms with Crippen molar-refractivity contribution in [1.29, 1.82) is 0 Å². The average molecular weight is 226 g/mol. The number of benzene rings is 1. The van der Waals surface area contributed by atoms with Crippen molar-refractivity contribution in [2.45, 2.75) is 20.8 Å². The standard InChI is InChI=1S/C14H14N2O/c1-8-4-11-6-12-5-9(2)16(10(3)17)14(12)7-13(11)15-8/h4-7,15H,1-3H3. The molecule has 0 spiro atoms. The van der Waals surface area contributed by atoms with E-state index < -0.39 is 0 Å². The first-order valence-corrected chi connectivity index (χ1v) is 5.68. The van der Waals surface area contributed by atoms with Crippen LogP contribution in [0.3, 0.4) is 0 Å². The van der Waals surface area contributed by atoms with Gasteiger partial charge in [0.25, 0.3) is 0 Å². The minimum Gasteiger partial charge on any atom is -0.359 e. The van der Waals surface area contributed by atoms with Crippen molar-refractivity contribution in [2.24, 2.45) is 0 Å². The normalized spacial score (nSPS) is 11.5. The van der Waals surface area contributed by atoms with Gasteiger partial charge in [-0.15, -0.1) is 0 Å². The minimum atomic E-state index is 0.0557. The Kier molecular flexibility index (Phi) is 1.93. The summed E-state index contributed by atoms with van der Waals surface area (Å²) in [5.74, 6) is 0.0557. The van der Waals surface area contributed by atoms with E-state index in [-0.39, 0.29) is 5.91 Å². The van der Waals surface area contributed by atoms with E-state index in [9.17, 15) is 4.79 Å². The predicted octanol–water partition coefficient (Wildman–Crippen LogP) is 3.40. The van der Waals surface area contributed by atoms with Gasteiger partial charge in [-0.1, -0.05) is 0 Å². The molecule has 0 saturated carbocycles. The van der Waals surface area contributed by atoms with E-state index in [0.717, 1.165) is 27.8 Å². The summed E-state index contributed by atoms with van der Waals surface area (Å²) in [6.45, 7) is 5.59. The molecular formula is C14H14N2O. The second-order valence-corrected chi connectivity index (χ2v) is 4.59. The van der Waals surface area contributed by atoms with Crippen molar-refractivity contribution in [3.05, 3.63) is 35.7 Å². The van der Waals surface area contributed by atoms with E-state index in [1.54, 1.807) is 11.5 Å². The molecule has 0 bridgehead atoms. The number of aromatic nitrogens is 2. The molecule has 0 aliphatic heterocycles. The number of aryl methyl sites for hydroxylation is 2. The molecule has 2 aromatic heterocycles. The van der Waals surface area contributed by atoms with E-state index in [1.807, 2.05) is 19.9 Å². The molecule has 1 N–H and O–H groups in total. The van der Waals surface area contributed by atoms with Gasteiger partial charge in [0.2, 0.25) is 5.91 Å². The van der Waals surface area contributed by atoms with Crippen LogP contribution in [-0.4, -0.2) is 15.5 Å². The fourth-order valence-electron chi connectivity index (χ4n) is 2.54. The molecule has 86 valence electrons. The Bertz CT molecular complexity index is 746. The SMILES string of the molecule is CC(=O)n1c(C)cc2cc3cc(C)[nH]c3cc21. The van der Waals surface area contributed by atoms with Gasteiger partial charge in [0.05, 0.1) is 5.52 Å². The lowest BCUT2D eigenvalue weighted by Gasteiger charge is -2.02. The smallest absolute Gasteiger partial charge is 0.228 e. The van der Waals surface area contributed by atoms with Gasteiger partial charge >= 0.3 is 0 Å². The topological polar surface area (TPSA) is 37.8 Å². The lowest BCUT2D eigenvalue weighted by atomic mass is 10.2. The van der Waals surface area contributed by atoms with Gasteiger partial charge < -0.3 is 4.98 Å². The molecule has 3 aromatic rings. The second-order valence-electron chi connectivity index (χ2n) is 4.59. The molecule has 0 fully saturated rings. The van der Waals surface area contributed by atoms with Crippen LogP contribution in [0.2, 0.25) is 0 Å². The maximum atomic E-state index is 11.6. The Balaban J connectivity index is 2.46. The van der Waals surface area contributed by atoms with E-state index >= 15 is 0 Å². The third-order valence-corrected chi connectivity index (χ3v) is 3.18. The number of nitrogens with zero attached hydrogens (tertiary/aromatic N) is 1. The summed E-state index contributed by atoms with van der Waals surface area (Å²) in [5.41, 5.74) is 4.18. The van der Waals surface area contributed by atoms with Crippen LogP contribution in [0, 0.1) is 13.8 Å². The van der Waals surface area contributed by atoms with Crippen LogP contribution in [0.15, 0.2) is 24.3 Å². The number of carbonyl (C=O) groups excluding carboxylic acids is 1. The van der Waals surface area contributed by atoms with Crippen molar-refractivity contribution >= 4 is 27.7 Å². The van der Waals surface area contributed by atoms with Crippen LogP contribution in [0.1, 0.15) is 23.1 Å². The van der Waals surface area contributed by atoms with Gasteiger partial charge in [-0.25, -0.2) is 0 Å². The predicted molar refractivity (Wildman–Crippen MR) is 69.6 cm³/mol. The van der Waals surface area contributed by atoms with E-state index in [2.05, 4.69) is 23.2 Å². The highest BCUT2D eigenvalue weighted by atomic mass is 16.1. The third kappa shape index (κ3) is 1.39. The molecular weight excluding hydrogens is 212 g/mol. The number of nitrogens with one attached hydrogen (secondary N) is 1.